The van der Waals surface area contributed by atoms with E-state index in [-0.39, 0.29) is 0 Å². The lowest BCUT2D eigenvalue weighted by Gasteiger charge is -2.31. The van der Waals surface area contributed by atoms with E-state index in [0.29, 0.717) is 0 Å². The summed E-state index contributed by atoms with van der Waals surface area (Å²) in [6, 6.07) is 4.35. The van der Waals surface area contributed by atoms with Crippen LogP contribution in [0.15, 0.2) is 17.5 Å². The zero-order valence-electron chi connectivity index (χ0n) is 8.48. The average Bonchev–Trinajstić information content (AvgIpc) is 2.71. The number of rotatable bonds is 3. The van der Waals surface area contributed by atoms with Gasteiger partial charge in [-0.15, -0.1) is 11.3 Å². The second-order valence-corrected chi connectivity index (χ2v) is 5.09. The van der Waals surface area contributed by atoms with E-state index >= 15 is 0 Å². The maximum absolute atomic E-state index is 5.71. The zero-order valence-corrected chi connectivity index (χ0v) is 9.30. The molecule has 78 valence electrons. The molecule has 0 radical (unpaired) electrons. The maximum Gasteiger partial charge on any atom is 0.0328 e. The van der Waals surface area contributed by atoms with E-state index in [1.807, 2.05) is 11.3 Å². The molecule has 2 nitrogen and oxygen atoms in total. The second-order valence-electron chi connectivity index (χ2n) is 4.06. The van der Waals surface area contributed by atoms with Gasteiger partial charge in [-0.25, -0.2) is 0 Å². The van der Waals surface area contributed by atoms with Gasteiger partial charge in [-0.1, -0.05) is 6.07 Å². The van der Waals surface area contributed by atoms with Crippen LogP contribution in [0.4, 0.5) is 0 Å². The number of hydrogen-bond donors (Lipinski definition) is 1. The van der Waals surface area contributed by atoms with E-state index in [2.05, 4.69) is 22.4 Å². The van der Waals surface area contributed by atoms with Gasteiger partial charge in [-0.3, -0.25) is 4.90 Å². The van der Waals surface area contributed by atoms with Crippen LogP contribution < -0.4 is 5.73 Å². The van der Waals surface area contributed by atoms with Crippen LogP contribution in [-0.2, 0) is 6.54 Å². The number of nitrogens with two attached hydrogens (primary N) is 1. The fourth-order valence-corrected chi connectivity index (χ4v) is 2.86. The summed E-state index contributed by atoms with van der Waals surface area (Å²) in [6.45, 7) is 4.40. The van der Waals surface area contributed by atoms with Crippen molar-refractivity contribution in [2.24, 2.45) is 11.7 Å². The van der Waals surface area contributed by atoms with Crippen LogP contribution in [0.5, 0.6) is 0 Å². The highest BCUT2D eigenvalue weighted by Crippen LogP contribution is 2.19. The Bertz CT molecular complexity index is 258. The SMILES string of the molecule is NCC1CCCN(Cc2cccs2)C1. The van der Waals surface area contributed by atoms with Crippen molar-refractivity contribution in [3.8, 4) is 0 Å². The topological polar surface area (TPSA) is 29.3 Å². The molecule has 0 saturated carbocycles. The lowest BCUT2D eigenvalue weighted by atomic mass is 9.98. The molecule has 3 heteroatoms. The number of piperidine rings is 1. The van der Waals surface area contributed by atoms with Crippen molar-refractivity contribution in [2.75, 3.05) is 19.6 Å². The van der Waals surface area contributed by atoms with E-state index in [9.17, 15) is 0 Å². The van der Waals surface area contributed by atoms with Crippen LogP contribution >= 0.6 is 11.3 Å². The average molecular weight is 210 g/mol. The van der Waals surface area contributed by atoms with E-state index in [4.69, 9.17) is 5.73 Å². The van der Waals surface area contributed by atoms with Crippen molar-refractivity contribution in [2.45, 2.75) is 19.4 Å². The van der Waals surface area contributed by atoms with Gasteiger partial charge in [0.15, 0.2) is 0 Å². The molecular formula is C11H18N2S. The summed E-state index contributed by atoms with van der Waals surface area (Å²) in [5.74, 6) is 0.726. The Balaban J connectivity index is 1.86. The fourth-order valence-electron chi connectivity index (χ4n) is 2.11. The summed E-state index contributed by atoms with van der Waals surface area (Å²) in [7, 11) is 0. The predicted octanol–water partition coefficient (Wildman–Crippen LogP) is 1.92. The molecule has 14 heavy (non-hydrogen) atoms. The van der Waals surface area contributed by atoms with Gasteiger partial charge >= 0.3 is 0 Å². The van der Waals surface area contributed by atoms with Gasteiger partial charge in [0, 0.05) is 18.0 Å². The van der Waals surface area contributed by atoms with Crippen LogP contribution in [0.1, 0.15) is 17.7 Å². The van der Waals surface area contributed by atoms with Crippen molar-refractivity contribution in [1.29, 1.82) is 0 Å². The first kappa shape index (κ1) is 10.1. The quantitative estimate of drug-likeness (QED) is 0.826. The first-order valence-electron chi connectivity index (χ1n) is 5.33. The monoisotopic (exact) mass is 210 g/mol. The standard InChI is InChI=1S/C11H18N2S/c12-7-10-3-1-5-13(8-10)9-11-4-2-6-14-11/h2,4,6,10H,1,3,5,7-9,12H2. The summed E-state index contributed by atoms with van der Waals surface area (Å²) >= 11 is 1.85. The van der Waals surface area contributed by atoms with E-state index in [1.54, 1.807) is 0 Å². The molecule has 1 unspecified atom stereocenters. The molecule has 1 aliphatic heterocycles. The summed E-state index contributed by atoms with van der Waals surface area (Å²) in [4.78, 5) is 4.01. The Morgan fingerprint density at radius 2 is 2.50 bits per heavy atom. The molecule has 2 rings (SSSR count). The van der Waals surface area contributed by atoms with Gasteiger partial charge in [0.05, 0.1) is 0 Å². The molecule has 0 bridgehead atoms. The largest absolute Gasteiger partial charge is 0.330 e. The molecule has 1 aromatic heterocycles. The Kier molecular flexibility index (Phi) is 3.56. The lowest BCUT2D eigenvalue weighted by molar-refractivity contribution is 0.172. The summed E-state index contributed by atoms with van der Waals surface area (Å²) in [6.07, 6.45) is 2.63. The fraction of sp³-hybridized carbons (Fsp3) is 0.636. The number of nitrogens with zero attached hydrogens (tertiary/aromatic N) is 1. The van der Waals surface area contributed by atoms with Crippen LogP contribution in [0, 0.1) is 5.92 Å². The minimum Gasteiger partial charge on any atom is -0.330 e. The Hall–Kier alpha value is -0.380. The molecule has 1 aromatic rings. The third-order valence-electron chi connectivity index (χ3n) is 2.90. The van der Waals surface area contributed by atoms with E-state index in [1.165, 1.54) is 30.8 Å². The molecule has 0 aromatic carbocycles. The predicted molar refractivity (Wildman–Crippen MR) is 61.4 cm³/mol. The van der Waals surface area contributed by atoms with Crippen LogP contribution in [0.2, 0.25) is 0 Å². The first-order chi connectivity index (χ1) is 6.88. The summed E-state index contributed by atoms with van der Waals surface area (Å²) in [5.41, 5.74) is 5.71. The highest BCUT2D eigenvalue weighted by molar-refractivity contribution is 7.09. The first-order valence-corrected chi connectivity index (χ1v) is 6.21. The lowest BCUT2D eigenvalue weighted by Crippen LogP contribution is -2.37. The molecule has 2 N–H and O–H groups in total. The Labute approximate surface area is 89.7 Å². The summed E-state index contributed by atoms with van der Waals surface area (Å²) < 4.78 is 0. The molecule has 1 aliphatic rings. The van der Waals surface area contributed by atoms with Crippen LogP contribution in [0.25, 0.3) is 0 Å². The van der Waals surface area contributed by atoms with Crippen LogP contribution in [0.3, 0.4) is 0 Å². The highest BCUT2D eigenvalue weighted by Gasteiger charge is 2.18. The van der Waals surface area contributed by atoms with Crippen molar-refractivity contribution >= 4 is 11.3 Å². The Morgan fingerprint density at radius 3 is 3.21 bits per heavy atom. The van der Waals surface area contributed by atoms with Crippen molar-refractivity contribution in [3.63, 3.8) is 0 Å². The highest BCUT2D eigenvalue weighted by atomic mass is 32.1. The molecule has 0 spiro atoms. The third kappa shape index (κ3) is 2.56. The molecule has 2 heterocycles. The zero-order chi connectivity index (χ0) is 9.80. The Morgan fingerprint density at radius 1 is 1.57 bits per heavy atom. The third-order valence-corrected chi connectivity index (χ3v) is 3.76. The van der Waals surface area contributed by atoms with Gasteiger partial charge in [0.1, 0.15) is 0 Å². The smallest absolute Gasteiger partial charge is 0.0328 e. The van der Waals surface area contributed by atoms with E-state index < -0.39 is 0 Å². The molecular weight excluding hydrogens is 192 g/mol. The summed E-state index contributed by atoms with van der Waals surface area (Å²) in [5, 5.41) is 2.15. The van der Waals surface area contributed by atoms with Crippen molar-refractivity contribution < 1.29 is 0 Å². The number of thiophene rings is 1. The molecule has 1 saturated heterocycles. The second kappa shape index (κ2) is 4.91. The number of hydrogen-bond acceptors (Lipinski definition) is 3. The van der Waals surface area contributed by atoms with Crippen molar-refractivity contribution in [3.05, 3.63) is 22.4 Å². The molecule has 0 amide bonds. The van der Waals surface area contributed by atoms with Crippen LogP contribution in [-0.4, -0.2) is 24.5 Å². The number of likely N-dealkylation sites (tertiary alicyclic amines) is 1. The normalized spacial score (nSPS) is 23.9. The van der Waals surface area contributed by atoms with Gasteiger partial charge in [0.2, 0.25) is 0 Å². The van der Waals surface area contributed by atoms with Gasteiger partial charge in [-0.2, -0.15) is 0 Å². The van der Waals surface area contributed by atoms with E-state index in [0.717, 1.165) is 19.0 Å². The van der Waals surface area contributed by atoms with Crippen molar-refractivity contribution in [1.82, 2.24) is 4.90 Å². The minimum absolute atomic E-state index is 0.726. The van der Waals surface area contributed by atoms with Gasteiger partial charge < -0.3 is 5.73 Å². The van der Waals surface area contributed by atoms with Gasteiger partial charge in [-0.05, 0) is 43.3 Å². The molecule has 1 atom stereocenters. The minimum atomic E-state index is 0.726. The molecule has 0 aliphatic carbocycles. The maximum atomic E-state index is 5.71. The molecule has 1 fully saturated rings. The van der Waals surface area contributed by atoms with Gasteiger partial charge in [0.25, 0.3) is 0 Å².